The van der Waals surface area contributed by atoms with Crippen LogP contribution in [0.15, 0.2) is 34.1 Å². The first kappa shape index (κ1) is 14.2. The Morgan fingerprint density at radius 1 is 1.37 bits per heavy atom. The van der Waals surface area contributed by atoms with E-state index >= 15 is 0 Å². The van der Waals surface area contributed by atoms with E-state index in [1.165, 1.54) is 10.9 Å². The number of hydrogen-bond donors (Lipinski definition) is 0. The molecule has 1 aromatic carbocycles. The monoisotopic (exact) mass is 338 g/mol. The molecule has 0 atom stereocenters. The number of hydrogen-bond acceptors (Lipinski definition) is 3. The highest BCUT2D eigenvalue weighted by molar-refractivity contribution is 9.10. The summed E-state index contributed by atoms with van der Waals surface area (Å²) < 4.78 is 14.3. The molecule has 0 aliphatic heterocycles. The number of halogens is 2. The molecule has 2 nitrogen and oxygen atoms in total. The summed E-state index contributed by atoms with van der Waals surface area (Å²) in [6.45, 7) is 1.51. The average molecular weight is 339 g/mol. The van der Waals surface area contributed by atoms with Crippen molar-refractivity contribution in [1.29, 1.82) is 5.26 Å². The molecule has 98 valence electrons. The Bertz CT molecular complexity index is 618. The molecule has 19 heavy (non-hydrogen) atoms. The second-order valence-corrected chi connectivity index (χ2v) is 6.24. The molecular weight excluding hydrogens is 327 g/mol. The van der Waals surface area contributed by atoms with Crippen LogP contribution in [0, 0.1) is 17.1 Å². The van der Waals surface area contributed by atoms with Crippen molar-refractivity contribution in [3.8, 4) is 6.07 Å². The molecule has 0 unspecified atom stereocenters. The van der Waals surface area contributed by atoms with Crippen molar-refractivity contribution >= 4 is 27.3 Å². The second kappa shape index (κ2) is 6.29. The quantitative estimate of drug-likeness (QED) is 0.837. The van der Waals surface area contributed by atoms with Crippen molar-refractivity contribution in [2.75, 3.05) is 7.05 Å². The lowest BCUT2D eigenvalue weighted by Crippen LogP contribution is -2.16. The molecule has 5 heteroatoms. The van der Waals surface area contributed by atoms with E-state index in [0.29, 0.717) is 6.54 Å². The van der Waals surface area contributed by atoms with Gasteiger partial charge in [0.2, 0.25) is 0 Å². The van der Waals surface area contributed by atoms with Gasteiger partial charge in [0.15, 0.2) is 0 Å². The Morgan fingerprint density at radius 2 is 2.16 bits per heavy atom. The van der Waals surface area contributed by atoms with E-state index in [1.54, 1.807) is 23.5 Å². The van der Waals surface area contributed by atoms with Crippen molar-refractivity contribution < 1.29 is 4.39 Å². The molecule has 0 saturated heterocycles. The van der Waals surface area contributed by atoms with Crippen LogP contribution in [0.1, 0.15) is 16.0 Å². The summed E-state index contributed by atoms with van der Waals surface area (Å²) in [5, 5.41) is 10.9. The number of rotatable bonds is 4. The SMILES string of the molecule is CN(Cc1ccc(F)c(C#N)c1)Cc1cc(Br)cs1. The van der Waals surface area contributed by atoms with Crippen LogP contribution in [-0.2, 0) is 13.1 Å². The van der Waals surface area contributed by atoms with Gasteiger partial charge in [-0.3, -0.25) is 4.90 Å². The van der Waals surface area contributed by atoms with Crippen LogP contribution in [0.4, 0.5) is 4.39 Å². The maximum Gasteiger partial charge on any atom is 0.140 e. The summed E-state index contributed by atoms with van der Waals surface area (Å²) in [6.07, 6.45) is 0. The van der Waals surface area contributed by atoms with Crippen LogP contribution >= 0.6 is 27.3 Å². The van der Waals surface area contributed by atoms with Crippen LogP contribution in [0.3, 0.4) is 0 Å². The minimum Gasteiger partial charge on any atom is -0.297 e. The first-order valence-corrected chi connectivity index (χ1v) is 7.35. The van der Waals surface area contributed by atoms with Gasteiger partial charge in [-0.15, -0.1) is 11.3 Å². The van der Waals surface area contributed by atoms with E-state index in [-0.39, 0.29) is 5.56 Å². The predicted molar refractivity (Wildman–Crippen MR) is 78.3 cm³/mol. The zero-order valence-corrected chi connectivity index (χ0v) is 12.8. The van der Waals surface area contributed by atoms with E-state index in [0.717, 1.165) is 16.6 Å². The van der Waals surface area contributed by atoms with Gasteiger partial charge in [-0.05, 0) is 46.7 Å². The normalized spacial score (nSPS) is 10.7. The average Bonchev–Trinajstić information content (AvgIpc) is 2.77. The minimum atomic E-state index is -0.462. The zero-order valence-electron chi connectivity index (χ0n) is 10.4. The van der Waals surface area contributed by atoms with Crippen LogP contribution in [0.2, 0.25) is 0 Å². The molecule has 1 heterocycles. The highest BCUT2D eigenvalue weighted by Gasteiger charge is 2.07. The van der Waals surface area contributed by atoms with Crippen LogP contribution in [-0.4, -0.2) is 11.9 Å². The van der Waals surface area contributed by atoms with E-state index < -0.39 is 5.82 Å². The van der Waals surface area contributed by atoms with Gasteiger partial charge in [0.1, 0.15) is 11.9 Å². The highest BCUT2D eigenvalue weighted by Crippen LogP contribution is 2.21. The first-order valence-electron chi connectivity index (χ1n) is 5.68. The van der Waals surface area contributed by atoms with Crippen LogP contribution in [0.25, 0.3) is 0 Å². The van der Waals surface area contributed by atoms with E-state index in [1.807, 2.05) is 13.1 Å². The number of thiophene rings is 1. The zero-order chi connectivity index (χ0) is 13.8. The molecule has 0 aliphatic carbocycles. The van der Waals surface area contributed by atoms with Crippen molar-refractivity contribution in [2.24, 2.45) is 0 Å². The summed E-state index contributed by atoms with van der Waals surface area (Å²) in [4.78, 5) is 3.39. The number of nitriles is 1. The molecule has 0 bridgehead atoms. The van der Waals surface area contributed by atoms with Gasteiger partial charge in [-0.1, -0.05) is 6.07 Å². The third kappa shape index (κ3) is 3.87. The Kier molecular flexibility index (Phi) is 4.70. The highest BCUT2D eigenvalue weighted by atomic mass is 79.9. The van der Waals surface area contributed by atoms with Crippen LogP contribution < -0.4 is 0 Å². The fraction of sp³-hybridized carbons (Fsp3) is 0.214. The molecule has 0 N–H and O–H groups in total. The fourth-order valence-electron chi connectivity index (χ4n) is 1.83. The molecule has 2 rings (SSSR count). The van der Waals surface area contributed by atoms with Gasteiger partial charge < -0.3 is 0 Å². The van der Waals surface area contributed by atoms with Gasteiger partial charge in [0.05, 0.1) is 5.56 Å². The molecule has 0 saturated carbocycles. The maximum atomic E-state index is 13.2. The molecule has 0 fully saturated rings. The molecule has 0 spiro atoms. The summed E-state index contributed by atoms with van der Waals surface area (Å²) in [5.74, 6) is -0.462. The standard InChI is InChI=1S/C14H12BrFN2S/c1-18(8-13-5-12(15)9-19-13)7-10-2-3-14(16)11(4-10)6-17/h2-5,9H,7-8H2,1H3. The number of nitrogens with zero attached hydrogens (tertiary/aromatic N) is 2. The lowest BCUT2D eigenvalue weighted by Gasteiger charge is -2.15. The minimum absolute atomic E-state index is 0.102. The van der Waals surface area contributed by atoms with Gasteiger partial charge in [-0.25, -0.2) is 4.39 Å². The molecule has 0 amide bonds. The topological polar surface area (TPSA) is 27.0 Å². The largest absolute Gasteiger partial charge is 0.297 e. The summed E-state index contributed by atoms with van der Waals surface area (Å²) in [7, 11) is 2.00. The molecule has 1 aromatic heterocycles. The first-order chi connectivity index (χ1) is 9.08. The summed E-state index contributed by atoms with van der Waals surface area (Å²) >= 11 is 5.13. The second-order valence-electron chi connectivity index (χ2n) is 4.33. The van der Waals surface area contributed by atoms with E-state index in [4.69, 9.17) is 5.26 Å². The van der Waals surface area contributed by atoms with Crippen molar-refractivity contribution in [3.05, 3.63) is 55.9 Å². The Morgan fingerprint density at radius 3 is 2.79 bits per heavy atom. The molecule has 0 radical (unpaired) electrons. The van der Waals surface area contributed by atoms with Crippen LogP contribution in [0.5, 0.6) is 0 Å². The van der Waals surface area contributed by atoms with Gasteiger partial charge >= 0.3 is 0 Å². The molecule has 0 aliphatic rings. The lowest BCUT2D eigenvalue weighted by molar-refractivity contribution is 0.322. The molecule has 2 aromatic rings. The van der Waals surface area contributed by atoms with E-state index in [9.17, 15) is 4.39 Å². The van der Waals surface area contributed by atoms with Crippen molar-refractivity contribution in [1.82, 2.24) is 4.90 Å². The fourth-order valence-corrected chi connectivity index (χ4v) is 3.36. The Hall–Kier alpha value is -1.22. The third-order valence-corrected chi connectivity index (χ3v) is 4.33. The summed E-state index contributed by atoms with van der Waals surface area (Å²) in [6, 6.07) is 8.63. The Labute approximate surface area is 124 Å². The maximum absolute atomic E-state index is 13.2. The van der Waals surface area contributed by atoms with Gasteiger partial charge in [0, 0.05) is 27.8 Å². The Balaban J connectivity index is 2.03. The molecular formula is C14H12BrFN2S. The van der Waals surface area contributed by atoms with E-state index in [2.05, 4.69) is 32.3 Å². The predicted octanol–water partition coefficient (Wildman–Crippen LogP) is 4.15. The third-order valence-electron chi connectivity index (χ3n) is 2.65. The van der Waals surface area contributed by atoms with Gasteiger partial charge in [0.25, 0.3) is 0 Å². The van der Waals surface area contributed by atoms with Gasteiger partial charge in [-0.2, -0.15) is 5.26 Å². The summed E-state index contributed by atoms with van der Waals surface area (Å²) in [5.41, 5.74) is 1.04. The van der Waals surface area contributed by atoms with Crippen molar-refractivity contribution in [2.45, 2.75) is 13.1 Å². The smallest absolute Gasteiger partial charge is 0.140 e. The van der Waals surface area contributed by atoms with Crippen molar-refractivity contribution in [3.63, 3.8) is 0 Å². The lowest BCUT2D eigenvalue weighted by atomic mass is 10.1. The number of benzene rings is 1.